The van der Waals surface area contributed by atoms with E-state index in [1.807, 2.05) is 0 Å². The summed E-state index contributed by atoms with van der Waals surface area (Å²) in [6.45, 7) is 0. The summed E-state index contributed by atoms with van der Waals surface area (Å²) in [4.78, 5) is 18.2. The Bertz CT molecular complexity index is 710. The van der Waals surface area contributed by atoms with E-state index >= 15 is 0 Å². The molecule has 0 aliphatic rings. The number of nitrogens with one attached hydrogen (secondary N) is 2. The standard InChI is InChI=1S/C11H8Cl3N5O2/c1-15-11-16-4-9(19(20)21)10(18-11)17-8-3-6(13)5(12)2-7(8)14/h2-4H,1H3,(H2,15,16,17,18). The van der Waals surface area contributed by atoms with Gasteiger partial charge in [-0.2, -0.15) is 4.98 Å². The number of hydrogen-bond donors (Lipinski definition) is 2. The first kappa shape index (κ1) is 15.6. The maximum absolute atomic E-state index is 11.0. The first-order valence-electron chi connectivity index (χ1n) is 5.53. The molecule has 0 radical (unpaired) electrons. The number of nitrogens with zero attached hydrogens (tertiary/aromatic N) is 3. The fraction of sp³-hybridized carbons (Fsp3) is 0.0909. The predicted molar refractivity (Wildman–Crippen MR) is 83.0 cm³/mol. The number of aromatic nitrogens is 2. The molecular formula is C11H8Cl3N5O2. The van der Waals surface area contributed by atoms with E-state index in [-0.39, 0.29) is 32.5 Å². The molecule has 0 unspecified atom stereocenters. The molecule has 0 saturated heterocycles. The van der Waals surface area contributed by atoms with Gasteiger partial charge in [0.2, 0.25) is 11.8 Å². The zero-order valence-corrected chi connectivity index (χ0v) is 12.8. The van der Waals surface area contributed by atoms with Gasteiger partial charge in [0.25, 0.3) is 0 Å². The molecule has 0 saturated carbocycles. The second-order valence-corrected chi connectivity index (χ2v) is 5.03. The van der Waals surface area contributed by atoms with Crippen LogP contribution in [-0.4, -0.2) is 21.9 Å². The third kappa shape index (κ3) is 3.44. The summed E-state index contributed by atoms with van der Waals surface area (Å²) in [5.74, 6) is 0.207. The quantitative estimate of drug-likeness (QED) is 0.490. The van der Waals surface area contributed by atoms with Gasteiger partial charge in [0.15, 0.2) is 0 Å². The molecule has 0 amide bonds. The molecule has 2 aromatic rings. The fourth-order valence-electron chi connectivity index (χ4n) is 1.47. The molecule has 10 heteroatoms. The molecule has 1 heterocycles. The molecule has 0 aliphatic carbocycles. The van der Waals surface area contributed by atoms with Crippen molar-refractivity contribution in [1.29, 1.82) is 0 Å². The van der Waals surface area contributed by atoms with E-state index < -0.39 is 4.92 Å². The van der Waals surface area contributed by atoms with Crippen LogP contribution in [0.15, 0.2) is 18.3 Å². The van der Waals surface area contributed by atoms with Crippen molar-refractivity contribution < 1.29 is 4.92 Å². The van der Waals surface area contributed by atoms with Crippen LogP contribution in [-0.2, 0) is 0 Å². The summed E-state index contributed by atoms with van der Waals surface area (Å²) in [5.41, 5.74) is 0.0473. The molecular weight excluding hydrogens is 341 g/mol. The van der Waals surface area contributed by atoms with Gasteiger partial charge in [-0.25, -0.2) is 4.98 Å². The summed E-state index contributed by atoms with van der Waals surface area (Å²) in [5, 5.41) is 17.2. The Morgan fingerprint density at radius 3 is 2.48 bits per heavy atom. The molecule has 1 aromatic carbocycles. The van der Waals surface area contributed by atoms with Crippen molar-refractivity contribution in [3.05, 3.63) is 43.5 Å². The minimum atomic E-state index is -0.604. The zero-order chi connectivity index (χ0) is 15.6. The largest absolute Gasteiger partial charge is 0.357 e. The Balaban J connectivity index is 2.47. The van der Waals surface area contributed by atoms with E-state index in [0.29, 0.717) is 5.69 Å². The van der Waals surface area contributed by atoms with E-state index in [0.717, 1.165) is 6.20 Å². The van der Waals surface area contributed by atoms with E-state index in [2.05, 4.69) is 20.6 Å². The molecule has 7 nitrogen and oxygen atoms in total. The fourth-order valence-corrected chi connectivity index (χ4v) is 2.06. The molecule has 0 spiro atoms. The summed E-state index contributed by atoms with van der Waals surface area (Å²) in [6.07, 6.45) is 1.09. The summed E-state index contributed by atoms with van der Waals surface area (Å²) in [7, 11) is 1.59. The lowest BCUT2D eigenvalue weighted by atomic mass is 10.3. The summed E-state index contributed by atoms with van der Waals surface area (Å²) >= 11 is 17.8. The Morgan fingerprint density at radius 2 is 1.86 bits per heavy atom. The number of nitro groups is 1. The van der Waals surface area contributed by atoms with E-state index in [4.69, 9.17) is 34.8 Å². The maximum atomic E-state index is 11.0. The number of rotatable bonds is 4. The van der Waals surface area contributed by atoms with Crippen molar-refractivity contribution in [1.82, 2.24) is 9.97 Å². The van der Waals surface area contributed by atoms with Gasteiger partial charge >= 0.3 is 5.69 Å². The van der Waals surface area contributed by atoms with Crippen LogP contribution >= 0.6 is 34.8 Å². The SMILES string of the molecule is CNc1ncc([N+](=O)[O-])c(Nc2cc(Cl)c(Cl)cc2Cl)n1. The number of hydrogen-bond acceptors (Lipinski definition) is 6. The molecule has 0 aliphatic heterocycles. The third-order valence-electron chi connectivity index (χ3n) is 2.45. The van der Waals surface area contributed by atoms with Gasteiger partial charge in [0.05, 0.1) is 25.7 Å². The lowest BCUT2D eigenvalue weighted by Gasteiger charge is -2.10. The van der Waals surface area contributed by atoms with Gasteiger partial charge < -0.3 is 10.6 Å². The van der Waals surface area contributed by atoms with Gasteiger partial charge in [-0.3, -0.25) is 10.1 Å². The van der Waals surface area contributed by atoms with Crippen molar-refractivity contribution in [3.63, 3.8) is 0 Å². The lowest BCUT2D eigenvalue weighted by molar-refractivity contribution is -0.384. The Morgan fingerprint density at radius 1 is 1.19 bits per heavy atom. The van der Waals surface area contributed by atoms with Crippen LogP contribution in [0.4, 0.5) is 23.1 Å². The van der Waals surface area contributed by atoms with Crippen LogP contribution in [0.5, 0.6) is 0 Å². The lowest BCUT2D eigenvalue weighted by Crippen LogP contribution is -2.04. The number of anilines is 3. The maximum Gasteiger partial charge on any atom is 0.329 e. The first-order chi connectivity index (χ1) is 9.92. The van der Waals surface area contributed by atoms with Gasteiger partial charge in [0, 0.05) is 7.05 Å². The van der Waals surface area contributed by atoms with Crippen LogP contribution < -0.4 is 10.6 Å². The summed E-state index contributed by atoms with van der Waals surface area (Å²) < 4.78 is 0. The highest BCUT2D eigenvalue weighted by Gasteiger charge is 2.18. The second-order valence-electron chi connectivity index (χ2n) is 3.81. The molecule has 110 valence electrons. The Hall–Kier alpha value is -1.83. The Labute approximate surface area is 134 Å². The van der Waals surface area contributed by atoms with Crippen LogP contribution in [0.25, 0.3) is 0 Å². The van der Waals surface area contributed by atoms with Gasteiger partial charge in [-0.05, 0) is 12.1 Å². The minimum Gasteiger partial charge on any atom is -0.357 e. The van der Waals surface area contributed by atoms with E-state index in [1.165, 1.54) is 12.1 Å². The average Bonchev–Trinajstić information content (AvgIpc) is 2.44. The Kier molecular flexibility index (Phi) is 4.66. The topological polar surface area (TPSA) is 93.0 Å². The summed E-state index contributed by atoms with van der Waals surface area (Å²) in [6, 6.07) is 2.89. The molecule has 21 heavy (non-hydrogen) atoms. The molecule has 0 fully saturated rings. The molecule has 2 N–H and O–H groups in total. The van der Waals surface area contributed by atoms with Gasteiger partial charge in [-0.15, -0.1) is 0 Å². The normalized spacial score (nSPS) is 10.3. The average molecular weight is 349 g/mol. The number of halogens is 3. The zero-order valence-electron chi connectivity index (χ0n) is 10.5. The molecule has 0 atom stereocenters. The van der Waals surface area contributed by atoms with Crippen molar-refractivity contribution in [2.45, 2.75) is 0 Å². The minimum absolute atomic E-state index is 0.0142. The van der Waals surface area contributed by atoms with E-state index in [9.17, 15) is 10.1 Å². The van der Waals surface area contributed by atoms with Crippen molar-refractivity contribution in [3.8, 4) is 0 Å². The predicted octanol–water partition coefficient (Wildman–Crippen LogP) is 4.13. The third-order valence-corrected chi connectivity index (χ3v) is 3.49. The second kappa shape index (κ2) is 6.30. The van der Waals surface area contributed by atoms with Crippen molar-refractivity contribution >= 4 is 57.9 Å². The van der Waals surface area contributed by atoms with Crippen LogP contribution in [0.2, 0.25) is 15.1 Å². The highest BCUT2D eigenvalue weighted by Crippen LogP contribution is 2.35. The monoisotopic (exact) mass is 347 g/mol. The van der Waals surface area contributed by atoms with Crippen LogP contribution in [0, 0.1) is 10.1 Å². The highest BCUT2D eigenvalue weighted by molar-refractivity contribution is 6.44. The van der Waals surface area contributed by atoms with Crippen molar-refractivity contribution in [2.24, 2.45) is 0 Å². The van der Waals surface area contributed by atoms with E-state index in [1.54, 1.807) is 7.05 Å². The first-order valence-corrected chi connectivity index (χ1v) is 6.66. The van der Waals surface area contributed by atoms with Crippen LogP contribution in [0.1, 0.15) is 0 Å². The van der Waals surface area contributed by atoms with Gasteiger partial charge in [-0.1, -0.05) is 34.8 Å². The molecule has 2 rings (SSSR count). The molecule has 1 aromatic heterocycles. The smallest absolute Gasteiger partial charge is 0.329 e. The highest BCUT2D eigenvalue weighted by atomic mass is 35.5. The van der Waals surface area contributed by atoms with Gasteiger partial charge in [0.1, 0.15) is 6.20 Å². The molecule has 0 bridgehead atoms. The van der Waals surface area contributed by atoms with Crippen LogP contribution in [0.3, 0.4) is 0 Å². The van der Waals surface area contributed by atoms with Crippen molar-refractivity contribution in [2.75, 3.05) is 17.7 Å². The number of benzene rings is 1.